The second-order valence-electron chi connectivity index (χ2n) is 6.87. The van der Waals surface area contributed by atoms with Crippen LogP contribution in [0.15, 0.2) is 66.7 Å². The highest BCUT2D eigenvalue weighted by atomic mass is 15.1. The molecule has 2 N–H and O–H groups in total. The Morgan fingerprint density at radius 1 is 0.885 bits per heavy atom. The van der Waals surface area contributed by atoms with E-state index in [1.54, 1.807) is 0 Å². The average molecular weight is 341 g/mol. The zero-order valence-corrected chi connectivity index (χ0v) is 15.2. The van der Waals surface area contributed by atoms with Crippen LogP contribution in [0.3, 0.4) is 0 Å². The smallest absolute Gasteiger partial charge is 0.141 e. The number of fused-ring (bicyclic) bond motifs is 1. The number of imidazole rings is 1. The van der Waals surface area contributed by atoms with Gasteiger partial charge in [-0.2, -0.15) is 0 Å². The van der Waals surface area contributed by atoms with Gasteiger partial charge in [0.25, 0.3) is 0 Å². The van der Waals surface area contributed by atoms with Gasteiger partial charge >= 0.3 is 0 Å². The molecule has 0 bridgehead atoms. The molecule has 0 aliphatic rings. The Kier molecular flexibility index (Phi) is 4.21. The topological polar surface area (TPSA) is 43.8 Å². The van der Waals surface area contributed by atoms with Crippen LogP contribution < -0.4 is 5.73 Å². The number of anilines is 1. The van der Waals surface area contributed by atoms with Gasteiger partial charge in [0.05, 0.1) is 11.0 Å². The van der Waals surface area contributed by atoms with Crippen molar-refractivity contribution in [1.82, 2.24) is 9.55 Å². The molecule has 4 rings (SSSR count). The van der Waals surface area contributed by atoms with Crippen molar-refractivity contribution in [3.05, 3.63) is 83.4 Å². The molecule has 1 heterocycles. The van der Waals surface area contributed by atoms with Crippen molar-refractivity contribution in [1.29, 1.82) is 0 Å². The second-order valence-corrected chi connectivity index (χ2v) is 6.87. The van der Waals surface area contributed by atoms with Crippen molar-refractivity contribution in [2.45, 2.75) is 26.8 Å². The fourth-order valence-corrected chi connectivity index (χ4v) is 3.34. The minimum Gasteiger partial charge on any atom is -0.399 e. The predicted octanol–water partition coefficient (Wildman–Crippen LogP) is 5.15. The van der Waals surface area contributed by atoms with Gasteiger partial charge in [-0.3, -0.25) is 0 Å². The first-order valence-electron chi connectivity index (χ1n) is 8.99. The number of hydrogen-bond donors (Lipinski definition) is 1. The normalized spacial score (nSPS) is 11.2. The van der Waals surface area contributed by atoms with E-state index in [0.29, 0.717) is 0 Å². The van der Waals surface area contributed by atoms with Crippen LogP contribution in [0.2, 0.25) is 0 Å². The number of rotatable bonds is 4. The van der Waals surface area contributed by atoms with Gasteiger partial charge in [0.2, 0.25) is 0 Å². The molecular weight excluding hydrogens is 318 g/mol. The Labute approximate surface area is 154 Å². The van der Waals surface area contributed by atoms with Gasteiger partial charge in [-0.1, -0.05) is 30.3 Å². The van der Waals surface area contributed by atoms with Crippen molar-refractivity contribution >= 4 is 16.7 Å². The van der Waals surface area contributed by atoms with Crippen molar-refractivity contribution in [3.8, 4) is 11.4 Å². The predicted molar refractivity (Wildman–Crippen MR) is 109 cm³/mol. The molecule has 0 saturated carbocycles. The van der Waals surface area contributed by atoms with E-state index < -0.39 is 0 Å². The van der Waals surface area contributed by atoms with Crippen molar-refractivity contribution in [2.75, 3.05) is 5.73 Å². The molecule has 3 nitrogen and oxygen atoms in total. The number of nitrogen functional groups attached to an aromatic ring is 1. The van der Waals surface area contributed by atoms with Crippen LogP contribution in [-0.4, -0.2) is 9.55 Å². The van der Waals surface area contributed by atoms with Gasteiger partial charge in [0.1, 0.15) is 5.82 Å². The van der Waals surface area contributed by atoms with Crippen LogP contribution in [0, 0.1) is 13.8 Å². The molecule has 0 aliphatic carbocycles. The molecule has 3 heteroatoms. The summed E-state index contributed by atoms with van der Waals surface area (Å²) in [6.45, 7) is 5.19. The third-order valence-electron chi connectivity index (χ3n) is 5.00. The van der Waals surface area contributed by atoms with E-state index in [-0.39, 0.29) is 0 Å². The summed E-state index contributed by atoms with van der Waals surface area (Å²) >= 11 is 0. The van der Waals surface area contributed by atoms with Crippen LogP contribution in [0.5, 0.6) is 0 Å². The SMILES string of the molecule is Cc1cc2nc(-c3ccc(N)cc3)n(CCc3ccccc3)c2cc1C. The molecule has 1 aromatic heterocycles. The third kappa shape index (κ3) is 3.08. The van der Waals surface area contributed by atoms with E-state index in [4.69, 9.17) is 10.7 Å². The lowest BCUT2D eigenvalue weighted by atomic mass is 10.1. The Hall–Kier alpha value is -3.07. The molecule has 0 amide bonds. The average Bonchev–Trinajstić information content (AvgIpc) is 2.99. The second kappa shape index (κ2) is 6.68. The third-order valence-corrected chi connectivity index (χ3v) is 5.00. The highest BCUT2D eigenvalue weighted by Crippen LogP contribution is 2.28. The number of nitrogens with two attached hydrogens (primary N) is 1. The summed E-state index contributed by atoms with van der Waals surface area (Å²) in [5.74, 6) is 1.00. The van der Waals surface area contributed by atoms with Gasteiger partial charge in [0, 0.05) is 17.8 Å². The van der Waals surface area contributed by atoms with E-state index in [1.165, 1.54) is 22.2 Å². The van der Waals surface area contributed by atoms with Crippen molar-refractivity contribution in [3.63, 3.8) is 0 Å². The molecule has 0 atom stereocenters. The lowest BCUT2D eigenvalue weighted by molar-refractivity contribution is 0.723. The largest absolute Gasteiger partial charge is 0.399 e. The van der Waals surface area contributed by atoms with Crippen LogP contribution in [0.4, 0.5) is 5.69 Å². The van der Waals surface area contributed by atoms with Gasteiger partial charge in [0.15, 0.2) is 0 Å². The molecular formula is C23H23N3. The van der Waals surface area contributed by atoms with Gasteiger partial charge < -0.3 is 10.3 Å². The van der Waals surface area contributed by atoms with E-state index in [2.05, 4.69) is 73.0 Å². The van der Waals surface area contributed by atoms with Crippen LogP contribution in [0.25, 0.3) is 22.4 Å². The molecule has 4 aromatic rings. The van der Waals surface area contributed by atoms with Gasteiger partial charge in [-0.15, -0.1) is 0 Å². The summed E-state index contributed by atoms with van der Waals surface area (Å²) in [4.78, 5) is 4.95. The molecule has 0 aliphatic heterocycles. The standard InChI is InChI=1S/C23H23N3/c1-16-14-21-22(15-17(16)2)26(13-12-18-6-4-3-5-7-18)23(25-21)19-8-10-20(24)11-9-19/h3-11,14-15H,12-13,24H2,1-2H3. The molecule has 0 unspecified atom stereocenters. The van der Waals surface area contributed by atoms with Crippen LogP contribution >= 0.6 is 0 Å². The molecule has 0 saturated heterocycles. The fourth-order valence-electron chi connectivity index (χ4n) is 3.34. The van der Waals surface area contributed by atoms with Gasteiger partial charge in [-0.05, 0) is 73.4 Å². The minimum absolute atomic E-state index is 0.771. The Balaban J connectivity index is 1.82. The van der Waals surface area contributed by atoms with Crippen LogP contribution in [-0.2, 0) is 13.0 Å². The highest BCUT2D eigenvalue weighted by molar-refractivity contribution is 5.82. The first-order chi connectivity index (χ1) is 12.6. The number of aromatic nitrogens is 2. The molecule has 130 valence electrons. The number of hydrogen-bond acceptors (Lipinski definition) is 2. The Morgan fingerprint density at radius 2 is 1.58 bits per heavy atom. The first kappa shape index (κ1) is 16.4. The summed E-state index contributed by atoms with van der Waals surface area (Å²) in [5, 5.41) is 0. The zero-order chi connectivity index (χ0) is 18.1. The van der Waals surface area contributed by atoms with Gasteiger partial charge in [-0.25, -0.2) is 4.98 Å². The van der Waals surface area contributed by atoms with Crippen LogP contribution in [0.1, 0.15) is 16.7 Å². The van der Waals surface area contributed by atoms with E-state index in [9.17, 15) is 0 Å². The lowest BCUT2D eigenvalue weighted by Crippen LogP contribution is -2.04. The monoisotopic (exact) mass is 341 g/mol. The number of aryl methyl sites for hydroxylation is 4. The Bertz CT molecular complexity index is 1040. The fraction of sp³-hybridized carbons (Fsp3) is 0.174. The summed E-state index contributed by atoms with van der Waals surface area (Å²) < 4.78 is 2.33. The Morgan fingerprint density at radius 3 is 2.31 bits per heavy atom. The molecule has 3 aromatic carbocycles. The zero-order valence-electron chi connectivity index (χ0n) is 15.2. The highest BCUT2D eigenvalue weighted by Gasteiger charge is 2.14. The maximum Gasteiger partial charge on any atom is 0.141 e. The van der Waals surface area contributed by atoms with E-state index in [1.807, 2.05) is 12.1 Å². The molecule has 0 fully saturated rings. The lowest BCUT2D eigenvalue weighted by Gasteiger charge is -2.10. The quantitative estimate of drug-likeness (QED) is 0.522. The van der Waals surface area contributed by atoms with Crippen molar-refractivity contribution < 1.29 is 0 Å². The molecule has 0 spiro atoms. The van der Waals surface area contributed by atoms with E-state index in [0.717, 1.165) is 35.6 Å². The number of nitrogens with zero attached hydrogens (tertiary/aromatic N) is 2. The van der Waals surface area contributed by atoms with Crippen molar-refractivity contribution in [2.24, 2.45) is 0 Å². The molecule has 0 radical (unpaired) electrons. The summed E-state index contributed by atoms with van der Waals surface area (Å²) in [6.07, 6.45) is 0.973. The first-order valence-corrected chi connectivity index (χ1v) is 8.99. The molecule has 26 heavy (non-hydrogen) atoms. The minimum atomic E-state index is 0.771. The van der Waals surface area contributed by atoms with E-state index >= 15 is 0 Å². The maximum absolute atomic E-state index is 5.87. The number of benzene rings is 3. The summed E-state index contributed by atoms with van der Waals surface area (Å²) in [7, 11) is 0. The summed E-state index contributed by atoms with van der Waals surface area (Å²) in [5.41, 5.74) is 13.9. The maximum atomic E-state index is 5.87. The summed E-state index contributed by atoms with van der Waals surface area (Å²) in [6, 6.07) is 23.0.